The zero-order chi connectivity index (χ0) is 15.0. The highest BCUT2D eigenvalue weighted by molar-refractivity contribution is 7.86. The second-order valence-electron chi connectivity index (χ2n) is 5.51. The lowest BCUT2D eigenvalue weighted by Gasteiger charge is -2.18. The van der Waals surface area contributed by atoms with Gasteiger partial charge >= 0.3 is 0 Å². The topological polar surface area (TPSA) is 58.4 Å². The molecule has 5 nitrogen and oxygen atoms in total. The molecule has 1 rings (SSSR count). The van der Waals surface area contributed by atoms with Crippen molar-refractivity contribution < 1.29 is 4.21 Å². The number of aromatic nitrogens is 1. The number of hydrogen-bond acceptors (Lipinski definition) is 2. The number of nitrogens with zero attached hydrogens (tertiary/aromatic N) is 2. The summed E-state index contributed by atoms with van der Waals surface area (Å²) in [5.41, 5.74) is 0. The van der Waals surface area contributed by atoms with E-state index in [1.807, 2.05) is 45.3 Å². The van der Waals surface area contributed by atoms with Crippen LogP contribution in [0.5, 0.6) is 0 Å². The van der Waals surface area contributed by atoms with E-state index in [1.165, 1.54) is 0 Å². The first-order chi connectivity index (χ1) is 9.43. The summed E-state index contributed by atoms with van der Waals surface area (Å²) in [6, 6.07) is 4.02. The zero-order valence-corrected chi connectivity index (χ0v) is 13.7. The summed E-state index contributed by atoms with van der Waals surface area (Å²) in [6.07, 6.45) is 4.06. The van der Waals surface area contributed by atoms with Crippen LogP contribution in [0.3, 0.4) is 0 Å². The van der Waals surface area contributed by atoms with Gasteiger partial charge in [-0.25, -0.2) is 0 Å². The summed E-state index contributed by atoms with van der Waals surface area (Å²) in [6.45, 7) is 8.33. The van der Waals surface area contributed by atoms with Gasteiger partial charge in [-0.2, -0.15) is 0 Å². The van der Waals surface area contributed by atoms with Crippen LogP contribution in [-0.2, 0) is 17.3 Å². The van der Waals surface area contributed by atoms with E-state index in [2.05, 4.69) is 20.2 Å². The molecule has 0 aliphatic rings. The van der Waals surface area contributed by atoms with Gasteiger partial charge in [-0.3, -0.25) is 9.20 Å². The number of nitrogens with one attached hydrogen (secondary N) is 2. The minimum Gasteiger partial charge on any atom is -0.355 e. The molecule has 0 bridgehead atoms. The highest BCUT2D eigenvalue weighted by Crippen LogP contribution is 2.10. The van der Waals surface area contributed by atoms with Crippen LogP contribution in [0, 0.1) is 0 Å². The standard InChI is InChI=1S/C14H26N4OS/c1-14(2,3)20(19)12-8-17-13(15-4)16-7-11-18-9-5-6-10-18/h5-6,9-10H,7-8,11-12H2,1-4H3,(H2,15,16,17). The van der Waals surface area contributed by atoms with Gasteiger partial charge in [0.05, 0.1) is 0 Å². The van der Waals surface area contributed by atoms with Gasteiger partial charge in [-0.15, -0.1) is 0 Å². The lowest BCUT2D eigenvalue weighted by atomic mass is 10.3. The molecule has 1 aromatic heterocycles. The molecule has 0 aromatic carbocycles. The van der Waals surface area contributed by atoms with Crippen LogP contribution in [0.15, 0.2) is 29.5 Å². The highest BCUT2D eigenvalue weighted by Gasteiger charge is 2.18. The molecule has 0 amide bonds. The minimum atomic E-state index is -0.835. The van der Waals surface area contributed by atoms with Gasteiger partial charge < -0.3 is 15.2 Å². The van der Waals surface area contributed by atoms with Gasteiger partial charge in [-0.05, 0) is 32.9 Å². The molecule has 0 radical (unpaired) electrons. The third-order valence-corrected chi connectivity index (χ3v) is 4.76. The Balaban J connectivity index is 2.22. The second-order valence-corrected chi connectivity index (χ2v) is 7.83. The van der Waals surface area contributed by atoms with E-state index in [4.69, 9.17) is 0 Å². The van der Waals surface area contributed by atoms with Crippen molar-refractivity contribution >= 4 is 16.8 Å². The van der Waals surface area contributed by atoms with Crippen molar-refractivity contribution in [3.8, 4) is 0 Å². The predicted molar refractivity (Wildman–Crippen MR) is 86.6 cm³/mol. The fraction of sp³-hybridized carbons (Fsp3) is 0.643. The van der Waals surface area contributed by atoms with Crippen LogP contribution in [-0.4, -0.2) is 45.4 Å². The predicted octanol–water partition coefficient (Wildman–Crippen LogP) is 1.20. The number of aliphatic imine (C=N–C) groups is 1. The maximum atomic E-state index is 11.9. The van der Waals surface area contributed by atoms with Crippen LogP contribution >= 0.6 is 0 Å². The Morgan fingerprint density at radius 2 is 1.80 bits per heavy atom. The van der Waals surface area contributed by atoms with Crippen LogP contribution < -0.4 is 10.6 Å². The van der Waals surface area contributed by atoms with E-state index >= 15 is 0 Å². The largest absolute Gasteiger partial charge is 0.355 e. The number of guanidine groups is 1. The van der Waals surface area contributed by atoms with E-state index in [0.717, 1.165) is 19.0 Å². The first-order valence-corrected chi connectivity index (χ1v) is 8.19. The first kappa shape index (κ1) is 16.8. The fourth-order valence-corrected chi connectivity index (χ4v) is 2.51. The number of hydrogen-bond donors (Lipinski definition) is 2. The van der Waals surface area contributed by atoms with E-state index in [0.29, 0.717) is 12.3 Å². The molecular weight excluding hydrogens is 272 g/mol. The van der Waals surface area contributed by atoms with Crippen molar-refractivity contribution in [1.29, 1.82) is 0 Å². The van der Waals surface area contributed by atoms with Crippen molar-refractivity contribution in [2.75, 3.05) is 25.9 Å². The fourth-order valence-electron chi connectivity index (χ4n) is 1.61. The molecule has 114 valence electrons. The Bertz CT molecular complexity index is 435. The van der Waals surface area contributed by atoms with Gasteiger partial charge in [0.15, 0.2) is 5.96 Å². The molecule has 1 aromatic rings. The molecule has 6 heteroatoms. The molecule has 1 atom stereocenters. The average Bonchev–Trinajstić information content (AvgIpc) is 2.88. The lowest BCUT2D eigenvalue weighted by molar-refractivity contribution is 0.645. The summed E-state index contributed by atoms with van der Waals surface area (Å²) in [5, 5.41) is 6.43. The lowest BCUT2D eigenvalue weighted by Crippen LogP contribution is -2.41. The maximum Gasteiger partial charge on any atom is 0.191 e. The average molecular weight is 298 g/mol. The third-order valence-electron chi connectivity index (χ3n) is 2.82. The van der Waals surface area contributed by atoms with Crippen molar-refractivity contribution in [3.63, 3.8) is 0 Å². The molecule has 0 saturated carbocycles. The van der Waals surface area contributed by atoms with Crippen LogP contribution in [0.4, 0.5) is 0 Å². The minimum absolute atomic E-state index is 0.160. The molecule has 1 unspecified atom stereocenters. The van der Waals surface area contributed by atoms with Crippen molar-refractivity contribution in [3.05, 3.63) is 24.5 Å². The van der Waals surface area contributed by atoms with Gasteiger partial charge in [0.2, 0.25) is 0 Å². The summed E-state index contributed by atoms with van der Waals surface area (Å²) >= 11 is 0. The molecule has 0 aliphatic carbocycles. The van der Waals surface area contributed by atoms with E-state index in [9.17, 15) is 4.21 Å². The molecular formula is C14H26N4OS. The summed E-state index contributed by atoms with van der Waals surface area (Å²) in [7, 11) is 0.907. The molecule has 0 fully saturated rings. The SMILES string of the molecule is CN=C(NCCn1cccc1)NCCS(=O)C(C)(C)C. The molecule has 1 heterocycles. The highest BCUT2D eigenvalue weighted by atomic mass is 32.2. The quantitative estimate of drug-likeness (QED) is 0.613. The van der Waals surface area contributed by atoms with Crippen LogP contribution in [0.1, 0.15) is 20.8 Å². The molecule has 20 heavy (non-hydrogen) atoms. The Kier molecular flexibility index (Phi) is 6.78. The van der Waals surface area contributed by atoms with Crippen molar-refractivity contribution in [2.45, 2.75) is 32.1 Å². The monoisotopic (exact) mass is 298 g/mol. The van der Waals surface area contributed by atoms with Gasteiger partial charge in [0.1, 0.15) is 0 Å². The maximum absolute atomic E-state index is 11.9. The smallest absolute Gasteiger partial charge is 0.191 e. The second kappa shape index (κ2) is 8.09. The molecule has 0 spiro atoms. The van der Waals surface area contributed by atoms with Crippen LogP contribution in [0.25, 0.3) is 0 Å². The van der Waals surface area contributed by atoms with Crippen molar-refractivity contribution in [2.24, 2.45) is 4.99 Å². The van der Waals surface area contributed by atoms with E-state index in [-0.39, 0.29) is 4.75 Å². The molecule has 2 N–H and O–H groups in total. The number of rotatable bonds is 6. The normalized spacial score (nSPS) is 14.1. The Hall–Kier alpha value is -1.30. The molecule has 0 aliphatic heterocycles. The third kappa shape index (κ3) is 6.23. The Labute approximate surface area is 124 Å². The van der Waals surface area contributed by atoms with Gasteiger partial charge in [-0.1, -0.05) is 0 Å². The first-order valence-electron chi connectivity index (χ1n) is 6.87. The van der Waals surface area contributed by atoms with E-state index in [1.54, 1.807) is 7.05 Å². The summed E-state index contributed by atoms with van der Waals surface area (Å²) in [4.78, 5) is 4.15. The van der Waals surface area contributed by atoms with Crippen molar-refractivity contribution in [1.82, 2.24) is 15.2 Å². The van der Waals surface area contributed by atoms with Gasteiger partial charge in [0, 0.05) is 60.4 Å². The Morgan fingerprint density at radius 3 is 2.35 bits per heavy atom. The molecule has 0 saturated heterocycles. The summed E-state index contributed by atoms with van der Waals surface area (Å²) < 4.78 is 13.9. The van der Waals surface area contributed by atoms with E-state index < -0.39 is 10.8 Å². The zero-order valence-electron chi connectivity index (χ0n) is 12.8. The Morgan fingerprint density at radius 1 is 1.20 bits per heavy atom. The van der Waals surface area contributed by atoms with Crippen LogP contribution in [0.2, 0.25) is 0 Å². The summed E-state index contributed by atoms with van der Waals surface area (Å²) in [5.74, 6) is 1.38. The van der Waals surface area contributed by atoms with Gasteiger partial charge in [0.25, 0.3) is 0 Å².